The van der Waals surface area contributed by atoms with Crippen LogP contribution in [0.1, 0.15) is 37.4 Å². The predicted octanol–water partition coefficient (Wildman–Crippen LogP) is 6.16. The van der Waals surface area contributed by atoms with Crippen LogP contribution in [-0.2, 0) is 0 Å². The first-order valence-corrected chi connectivity index (χ1v) is 10.9. The van der Waals surface area contributed by atoms with Gasteiger partial charge in [0.15, 0.2) is 17.4 Å². The Morgan fingerprint density at radius 1 is 0.917 bits per heavy atom. The summed E-state index contributed by atoms with van der Waals surface area (Å²) in [6.07, 6.45) is 0. The van der Waals surface area contributed by atoms with Crippen LogP contribution >= 0.6 is 0 Å². The highest BCUT2D eigenvalue weighted by molar-refractivity contribution is 6.30. The van der Waals surface area contributed by atoms with E-state index in [0.29, 0.717) is 11.4 Å². The second-order valence-corrected chi connectivity index (χ2v) is 8.03. The Morgan fingerprint density at radius 2 is 1.58 bits per heavy atom. The fourth-order valence-corrected chi connectivity index (χ4v) is 4.11. The number of rotatable bonds is 4. The van der Waals surface area contributed by atoms with Crippen molar-refractivity contribution in [3.63, 3.8) is 0 Å². The van der Waals surface area contributed by atoms with Gasteiger partial charge in [0.05, 0.1) is 23.4 Å². The van der Waals surface area contributed by atoms with Gasteiger partial charge < -0.3 is 16.2 Å². The van der Waals surface area contributed by atoms with Gasteiger partial charge in [0.1, 0.15) is 17.3 Å². The van der Waals surface area contributed by atoms with Crippen molar-refractivity contribution < 1.29 is 14.7 Å². The van der Waals surface area contributed by atoms with Gasteiger partial charge in [-0.25, -0.2) is 9.83 Å². The number of anilines is 3. The van der Waals surface area contributed by atoms with E-state index in [1.807, 2.05) is 30.3 Å². The number of nitrogen functional groups attached to an aromatic ring is 1. The third-order valence-electron chi connectivity index (χ3n) is 5.84. The summed E-state index contributed by atoms with van der Waals surface area (Å²) < 4.78 is 0. The molecule has 0 amide bonds. The molecule has 0 radical (unpaired) electrons. The molecule has 9 heteroatoms. The van der Waals surface area contributed by atoms with E-state index in [4.69, 9.17) is 12.3 Å². The number of phenols is 1. The molecule has 9 nitrogen and oxygen atoms in total. The lowest BCUT2D eigenvalue weighted by molar-refractivity contribution is 0.0977. The van der Waals surface area contributed by atoms with Crippen LogP contribution in [0.3, 0.4) is 0 Å². The molecular weight excluding hydrogens is 456 g/mol. The molecule has 1 aliphatic carbocycles. The molecule has 0 spiro atoms. The minimum absolute atomic E-state index is 0.0309. The Bertz CT molecular complexity index is 1640. The zero-order valence-corrected chi connectivity index (χ0v) is 19.0. The van der Waals surface area contributed by atoms with Gasteiger partial charge in [0, 0.05) is 16.8 Å². The SMILES string of the molecule is [C-]#[N+]c1c(Nc2ccccc2)nc(N)c(N=Nc2cccc3c2C(=O)c2cccc(O)c2C3=O)c1C. The summed E-state index contributed by atoms with van der Waals surface area (Å²) in [6, 6.07) is 18.2. The smallest absolute Gasteiger partial charge is 0.233 e. The van der Waals surface area contributed by atoms with E-state index in [0.717, 1.165) is 5.69 Å². The molecule has 0 unspecified atom stereocenters. The third kappa shape index (κ3) is 3.63. The predicted molar refractivity (Wildman–Crippen MR) is 135 cm³/mol. The number of hydrogen-bond acceptors (Lipinski definition) is 8. The number of carbonyl (C=O) groups is 2. The molecule has 5 rings (SSSR count). The minimum atomic E-state index is -0.473. The van der Waals surface area contributed by atoms with Gasteiger partial charge in [-0.05, 0) is 36.8 Å². The Labute approximate surface area is 205 Å². The Kier molecular flexibility index (Phi) is 5.47. The van der Waals surface area contributed by atoms with Crippen LogP contribution in [0.15, 0.2) is 77.0 Å². The molecule has 0 saturated carbocycles. The average molecular weight is 474 g/mol. The first kappa shape index (κ1) is 22.4. The van der Waals surface area contributed by atoms with Crippen molar-refractivity contribution in [2.75, 3.05) is 11.1 Å². The molecule has 0 aliphatic heterocycles. The second kappa shape index (κ2) is 8.77. The van der Waals surface area contributed by atoms with E-state index in [9.17, 15) is 14.7 Å². The van der Waals surface area contributed by atoms with E-state index in [2.05, 4.69) is 25.4 Å². The summed E-state index contributed by atoms with van der Waals surface area (Å²) in [7, 11) is 0. The van der Waals surface area contributed by atoms with Crippen molar-refractivity contribution in [3.05, 3.63) is 106 Å². The van der Waals surface area contributed by atoms with Crippen LogP contribution in [0.25, 0.3) is 4.85 Å². The van der Waals surface area contributed by atoms with E-state index in [-0.39, 0.29) is 50.9 Å². The van der Waals surface area contributed by atoms with Crippen LogP contribution in [0.5, 0.6) is 5.75 Å². The van der Waals surface area contributed by atoms with Crippen molar-refractivity contribution in [1.82, 2.24) is 4.98 Å². The highest BCUT2D eigenvalue weighted by atomic mass is 16.3. The number of nitrogens with zero attached hydrogens (tertiary/aromatic N) is 4. The molecule has 4 aromatic rings. The lowest BCUT2D eigenvalue weighted by Gasteiger charge is -2.19. The summed E-state index contributed by atoms with van der Waals surface area (Å²) in [4.78, 5) is 34.2. The average Bonchev–Trinajstić information content (AvgIpc) is 2.87. The first-order chi connectivity index (χ1) is 17.4. The van der Waals surface area contributed by atoms with Crippen molar-refractivity contribution in [1.29, 1.82) is 0 Å². The Morgan fingerprint density at radius 3 is 2.31 bits per heavy atom. The minimum Gasteiger partial charge on any atom is -0.507 e. The molecule has 0 atom stereocenters. The second-order valence-electron chi connectivity index (χ2n) is 8.03. The summed E-state index contributed by atoms with van der Waals surface area (Å²) in [5.41, 5.74) is 8.23. The summed E-state index contributed by atoms with van der Waals surface area (Å²) in [5.74, 6) is -0.839. The monoisotopic (exact) mass is 474 g/mol. The van der Waals surface area contributed by atoms with Crippen molar-refractivity contribution >= 4 is 46.0 Å². The lowest BCUT2D eigenvalue weighted by Crippen LogP contribution is -2.21. The van der Waals surface area contributed by atoms with Crippen LogP contribution in [0.4, 0.5) is 34.4 Å². The maximum absolute atomic E-state index is 13.2. The van der Waals surface area contributed by atoms with Crippen molar-refractivity contribution in [2.24, 2.45) is 10.2 Å². The molecule has 174 valence electrons. The fourth-order valence-electron chi connectivity index (χ4n) is 4.11. The quantitative estimate of drug-likeness (QED) is 0.211. The van der Waals surface area contributed by atoms with Gasteiger partial charge in [0.25, 0.3) is 0 Å². The van der Waals surface area contributed by atoms with Gasteiger partial charge in [0.2, 0.25) is 5.69 Å². The van der Waals surface area contributed by atoms with Gasteiger partial charge in [-0.3, -0.25) is 9.59 Å². The van der Waals surface area contributed by atoms with Gasteiger partial charge >= 0.3 is 0 Å². The topological polar surface area (TPSA) is 134 Å². The van der Waals surface area contributed by atoms with Gasteiger partial charge in [-0.15, -0.1) is 10.2 Å². The zero-order chi connectivity index (χ0) is 25.4. The number of azo groups is 1. The Balaban J connectivity index is 1.57. The maximum atomic E-state index is 13.2. The standard InChI is InChI=1S/C27H18N6O3/c1-14-22(26(28)31-27(23(14)29-2)30-15-8-4-3-5-9-15)33-32-18-12-6-10-16-20(18)24(35)17-11-7-13-19(34)21(17)25(16)36/h3-13,34H,1H3,(H3,28,30,31). The number of nitrogens with one attached hydrogen (secondary N) is 1. The number of carbonyl (C=O) groups excluding carboxylic acids is 2. The highest BCUT2D eigenvalue weighted by Crippen LogP contribution is 2.41. The molecule has 1 aliphatic rings. The number of para-hydroxylation sites is 1. The maximum Gasteiger partial charge on any atom is 0.233 e. The molecule has 1 heterocycles. The third-order valence-corrected chi connectivity index (χ3v) is 5.84. The van der Waals surface area contributed by atoms with Gasteiger partial charge in [-0.2, -0.15) is 0 Å². The molecule has 0 fully saturated rings. The van der Waals surface area contributed by atoms with Crippen LogP contribution < -0.4 is 11.1 Å². The van der Waals surface area contributed by atoms with Crippen molar-refractivity contribution in [3.8, 4) is 5.75 Å². The lowest BCUT2D eigenvalue weighted by atomic mass is 9.83. The fraction of sp³-hybridized carbons (Fsp3) is 0.0370. The number of aromatic hydroxyl groups is 1. The molecule has 1 aromatic heterocycles. The number of hydrogen-bond donors (Lipinski definition) is 3. The number of phenolic OH excluding ortho intramolecular Hbond substituents is 1. The van der Waals surface area contributed by atoms with Crippen LogP contribution in [-0.4, -0.2) is 21.7 Å². The van der Waals surface area contributed by atoms with Gasteiger partial charge in [-0.1, -0.05) is 42.5 Å². The number of pyridine rings is 1. The number of nitrogens with two attached hydrogens (primary N) is 1. The van der Waals surface area contributed by atoms with Crippen molar-refractivity contribution in [2.45, 2.75) is 6.92 Å². The van der Waals surface area contributed by atoms with E-state index < -0.39 is 11.6 Å². The molecule has 0 bridgehead atoms. The molecule has 0 saturated heterocycles. The summed E-state index contributed by atoms with van der Waals surface area (Å²) >= 11 is 0. The number of aromatic nitrogens is 1. The molecule has 3 aromatic carbocycles. The van der Waals surface area contributed by atoms with E-state index >= 15 is 0 Å². The largest absolute Gasteiger partial charge is 0.507 e. The molecule has 4 N–H and O–H groups in total. The number of fused-ring (bicyclic) bond motifs is 2. The number of benzene rings is 3. The van der Waals surface area contributed by atoms with E-state index in [1.165, 1.54) is 24.3 Å². The number of ketones is 2. The van der Waals surface area contributed by atoms with E-state index in [1.54, 1.807) is 19.1 Å². The first-order valence-electron chi connectivity index (χ1n) is 10.9. The zero-order valence-electron chi connectivity index (χ0n) is 19.0. The van der Waals surface area contributed by atoms with Crippen LogP contribution in [0.2, 0.25) is 0 Å². The summed E-state index contributed by atoms with van der Waals surface area (Å²) in [5, 5.41) is 21.7. The highest BCUT2D eigenvalue weighted by Gasteiger charge is 2.33. The summed E-state index contributed by atoms with van der Waals surface area (Å²) in [6.45, 7) is 9.33. The normalized spacial score (nSPS) is 12.2. The van der Waals surface area contributed by atoms with Crippen LogP contribution in [0, 0.1) is 13.5 Å². The Hall–Kier alpha value is -5.36. The molecular formula is C27H18N6O3. The molecule has 36 heavy (non-hydrogen) atoms.